The highest BCUT2D eigenvalue weighted by Gasteiger charge is 2.21. The monoisotopic (exact) mass is 487 g/mol. The molecule has 164 valence electrons. The van der Waals surface area contributed by atoms with E-state index in [2.05, 4.69) is 10.6 Å². The summed E-state index contributed by atoms with van der Waals surface area (Å²) in [6, 6.07) is 13.0. The van der Waals surface area contributed by atoms with E-state index in [1.807, 2.05) is 30.3 Å². The predicted molar refractivity (Wildman–Crippen MR) is 130 cm³/mol. The van der Waals surface area contributed by atoms with E-state index in [9.17, 15) is 4.39 Å². The standard InChI is InChI=1S/C23H20Cl2FN5S/c24-17-5-2-6-18(25)16(17)11-19-29-20-21(27-15-9-7-13(12-26)8-10-15)30-23(31-22(20)32-19)28-14-3-1-4-14/h2,5-10,14H,1,3-4,11-12H2,(H2,27,28,30,31). The number of thiazole rings is 1. The van der Waals surface area contributed by atoms with Crippen molar-refractivity contribution >= 4 is 62.3 Å². The molecule has 1 aliphatic rings. The summed E-state index contributed by atoms with van der Waals surface area (Å²) >= 11 is 14.2. The number of hydrogen-bond acceptors (Lipinski definition) is 6. The number of alkyl halides is 1. The fraction of sp³-hybridized carbons (Fsp3) is 0.261. The van der Waals surface area contributed by atoms with E-state index in [0.717, 1.165) is 33.9 Å². The van der Waals surface area contributed by atoms with Crippen molar-refractivity contribution in [3.63, 3.8) is 0 Å². The molecule has 1 saturated carbocycles. The Morgan fingerprint density at radius 1 is 1.00 bits per heavy atom. The topological polar surface area (TPSA) is 62.7 Å². The highest BCUT2D eigenvalue weighted by Crippen LogP contribution is 2.33. The van der Waals surface area contributed by atoms with Crippen LogP contribution in [0.1, 0.15) is 35.4 Å². The van der Waals surface area contributed by atoms with Gasteiger partial charge in [0.2, 0.25) is 5.95 Å². The molecule has 5 nitrogen and oxygen atoms in total. The summed E-state index contributed by atoms with van der Waals surface area (Å²) in [5, 5.41) is 8.82. The molecule has 32 heavy (non-hydrogen) atoms. The van der Waals surface area contributed by atoms with E-state index in [-0.39, 0.29) is 0 Å². The van der Waals surface area contributed by atoms with Crippen LogP contribution in [0.25, 0.3) is 10.3 Å². The minimum absolute atomic E-state index is 0.401. The second-order valence-electron chi connectivity index (χ2n) is 7.76. The fourth-order valence-corrected chi connectivity index (χ4v) is 4.97. The third-order valence-corrected chi connectivity index (χ3v) is 7.16. The van der Waals surface area contributed by atoms with E-state index < -0.39 is 6.67 Å². The summed E-state index contributed by atoms with van der Waals surface area (Å²) in [5.41, 5.74) is 2.96. The molecule has 0 unspecified atom stereocenters. The summed E-state index contributed by atoms with van der Waals surface area (Å²) in [6.07, 6.45) is 3.96. The number of benzene rings is 2. The van der Waals surface area contributed by atoms with E-state index in [1.165, 1.54) is 17.8 Å². The largest absolute Gasteiger partial charge is 0.351 e. The molecule has 2 N–H and O–H groups in total. The SMILES string of the molecule is FCc1ccc(Nc2nc(NC3CCC3)nc3sc(Cc4c(Cl)cccc4Cl)nc23)cc1. The Morgan fingerprint density at radius 2 is 1.75 bits per heavy atom. The number of rotatable bonds is 7. The molecule has 2 aromatic carbocycles. The number of nitrogens with one attached hydrogen (secondary N) is 2. The summed E-state index contributed by atoms with van der Waals surface area (Å²) in [6.45, 7) is -0.493. The van der Waals surface area contributed by atoms with Crippen molar-refractivity contribution < 1.29 is 4.39 Å². The lowest BCUT2D eigenvalue weighted by Crippen LogP contribution is -2.28. The van der Waals surface area contributed by atoms with Crippen molar-refractivity contribution in [2.75, 3.05) is 10.6 Å². The van der Waals surface area contributed by atoms with Gasteiger partial charge in [-0.3, -0.25) is 0 Å². The summed E-state index contributed by atoms with van der Waals surface area (Å²) in [5.74, 6) is 1.19. The van der Waals surface area contributed by atoms with Gasteiger partial charge in [0.05, 0.1) is 0 Å². The minimum atomic E-state index is -0.493. The van der Waals surface area contributed by atoms with Gasteiger partial charge >= 0.3 is 0 Å². The van der Waals surface area contributed by atoms with Crippen LogP contribution in [0.2, 0.25) is 10.0 Å². The molecule has 0 bridgehead atoms. The molecule has 0 saturated heterocycles. The number of nitrogens with zero attached hydrogens (tertiary/aromatic N) is 3. The Bertz CT molecular complexity index is 1240. The Balaban J connectivity index is 1.51. The van der Waals surface area contributed by atoms with Gasteiger partial charge < -0.3 is 10.6 Å². The van der Waals surface area contributed by atoms with Crippen LogP contribution in [0, 0.1) is 0 Å². The molecule has 0 aliphatic heterocycles. The first kappa shape index (κ1) is 21.4. The zero-order chi connectivity index (χ0) is 22.1. The number of hydrogen-bond donors (Lipinski definition) is 2. The highest BCUT2D eigenvalue weighted by atomic mass is 35.5. The smallest absolute Gasteiger partial charge is 0.226 e. The molecule has 9 heteroatoms. The van der Waals surface area contributed by atoms with Gasteiger partial charge in [-0.25, -0.2) is 14.4 Å². The molecule has 1 fully saturated rings. The maximum Gasteiger partial charge on any atom is 0.226 e. The maximum atomic E-state index is 12.9. The van der Waals surface area contributed by atoms with Crippen LogP contribution in [0.3, 0.4) is 0 Å². The second-order valence-corrected chi connectivity index (χ2v) is 9.64. The molecule has 2 heterocycles. The average Bonchev–Trinajstić information content (AvgIpc) is 3.17. The average molecular weight is 488 g/mol. The van der Waals surface area contributed by atoms with Crippen LogP contribution in [-0.4, -0.2) is 21.0 Å². The van der Waals surface area contributed by atoms with Crippen molar-refractivity contribution in [1.29, 1.82) is 0 Å². The quantitative estimate of drug-likeness (QED) is 0.289. The lowest BCUT2D eigenvalue weighted by atomic mass is 9.93. The van der Waals surface area contributed by atoms with Crippen LogP contribution < -0.4 is 10.6 Å². The van der Waals surface area contributed by atoms with Crippen molar-refractivity contribution in [3.05, 3.63) is 68.6 Å². The van der Waals surface area contributed by atoms with Gasteiger partial charge in [-0.1, -0.05) is 52.7 Å². The van der Waals surface area contributed by atoms with Crippen molar-refractivity contribution in [3.8, 4) is 0 Å². The van der Waals surface area contributed by atoms with Gasteiger partial charge in [-0.2, -0.15) is 4.98 Å². The Labute approximate surface area is 199 Å². The molecule has 0 amide bonds. The Kier molecular flexibility index (Phi) is 6.13. The third-order valence-electron chi connectivity index (χ3n) is 5.50. The molecule has 1 aliphatic carbocycles. The maximum absolute atomic E-state index is 12.9. The van der Waals surface area contributed by atoms with Gasteiger partial charge in [0.25, 0.3) is 0 Å². The Morgan fingerprint density at radius 3 is 2.41 bits per heavy atom. The van der Waals surface area contributed by atoms with Gasteiger partial charge in [-0.05, 0) is 54.7 Å². The number of aromatic nitrogens is 3. The summed E-state index contributed by atoms with van der Waals surface area (Å²) in [4.78, 5) is 15.0. The predicted octanol–water partition coefficient (Wildman–Crippen LogP) is 7.16. The van der Waals surface area contributed by atoms with E-state index in [4.69, 9.17) is 38.2 Å². The summed E-state index contributed by atoms with van der Waals surface area (Å²) < 4.78 is 12.9. The summed E-state index contributed by atoms with van der Waals surface area (Å²) in [7, 11) is 0. The van der Waals surface area contributed by atoms with Crippen molar-refractivity contribution in [1.82, 2.24) is 15.0 Å². The molecule has 0 atom stereocenters. The molecule has 4 aromatic rings. The number of fused-ring (bicyclic) bond motifs is 1. The first-order valence-corrected chi connectivity index (χ1v) is 11.9. The fourth-order valence-electron chi connectivity index (χ4n) is 3.49. The molecule has 5 rings (SSSR count). The first-order valence-electron chi connectivity index (χ1n) is 10.4. The zero-order valence-corrected chi connectivity index (χ0v) is 19.4. The molecular weight excluding hydrogens is 468 g/mol. The van der Waals surface area contributed by atoms with Crippen LogP contribution >= 0.6 is 34.5 Å². The Hall–Kier alpha value is -2.48. The lowest BCUT2D eigenvalue weighted by Gasteiger charge is -2.26. The molecule has 0 spiro atoms. The van der Waals surface area contributed by atoms with Crippen LogP contribution in [0.5, 0.6) is 0 Å². The molecule has 0 radical (unpaired) electrons. The third kappa shape index (κ3) is 4.51. The lowest BCUT2D eigenvalue weighted by molar-refractivity contribution is 0.443. The van der Waals surface area contributed by atoms with Crippen LogP contribution in [-0.2, 0) is 13.1 Å². The van der Waals surface area contributed by atoms with Crippen LogP contribution in [0.4, 0.5) is 21.8 Å². The second kappa shape index (κ2) is 9.17. The minimum Gasteiger partial charge on any atom is -0.351 e. The van der Waals surface area contributed by atoms with E-state index >= 15 is 0 Å². The van der Waals surface area contributed by atoms with Gasteiger partial charge in [0.1, 0.15) is 17.2 Å². The van der Waals surface area contributed by atoms with Gasteiger partial charge in [0, 0.05) is 28.2 Å². The number of anilines is 3. The first-order chi connectivity index (χ1) is 15.6. The van der Waals surface area contributed by atoms with E-state index in [1.54, 1.807) is 12.1 Å². The van der Waals surface area contributed by atoms with Crippen LogP contribution in [0.15, 0.2) is 42.5 Å². The normalized spacial score (nSPS) is 13.8. The zero-order valence-electron chi connectivity index (χ0n) is 17.0. The highest BCUT2D eigenvalue weighted by molar-refractivity contribution is 7.18. The molecule has 2 aromatic heterocycles. The van der Waals surface area contributed by atoms with Crippen molar-refractivity contribution in [2.45, 2.75) is 38.4 Å². The molecular formula is C23H20Cl2FN5S. The van der Waals surface area contributed by atoms with E-state index in [0.29, 0.717) is 45.4 Å². The van der Waals surface area contributed by atoms with Gasteiger partial charge in [0.15, 0.2) is 10.6 Å². The van der Waals surface area contributed by atoms with Gasteiger partial charge in [-0.15, -0.1) is 0 Å². The van der Waals surface area contributed by atoms with Crippen molar-refractivity contribution in [2.24, 2.45) is 0 Å². The number of halogens is 3.